The molecule has 5 nitrogen and oxygen atoms in total. The fourth-order valence-corrected chi connectivity index (χ4v) is 2.27. The van der Waals surface area contributed by atoms with Gasteiger partial charge in [-0.2, -0.15) is 0 Å². The van der Waals surface area contributed by atoms with Crippen LogP contribution in [-0.2, 0) is 0 Å². The van der Waals surface area contributed by atoms with E-state index in [4.69, 9.17) is 0 Å². The Morgan fingerprint density at radius 3 is 3.25 bits per heavy atom. The number of aromatic amines is 1. The van der Waals surface area contributed by atoms with Crippen LogP contribution in [0.3, 0.4) is 0 Å². The molecule has 0 amide bonds. The van der Waals surface area contributed by atoms with E-state index in [1.54, 1.807) is 0 Å². The summed E-state index contributed by atoms with van der Waals surface area (Å²) in [7, 11) is 0. The Bertz CT molecular complexity index is 398. The number of anilines is 1. The molecule has 0 saturated carbocycles. The molecule has 1 atom stereocenters. The smallest absolute Gasteiger partial charge is 0.266 e. The molecule has 0 radical (unpaired) electrons. The van der Waals surface area contributed by atoms with Crippen molar-refractivity contribution in [3.63, 3.8) is 0 Å². The normalized spacial score (nSPS) is 21.4. The van der Waals surface area contributed by atoms with E-state index < -0.39 is 0 Å². The average molecular weight is 334 g/mol. The zero-order chi connectivity index (χ0) is 11.4. The van der Waals surface area contributed by atoms with Gasteiger partial charge in [0.2, 0.25) is 0 Å². The van der Waals surface area contributed by atoms with Gasteiger partial charge in [0.05, 0.1) is 6.33 Å². The summed E-state index contributed by atoms with van der Waals surface area (Å²) in [6.45, 7) is 2.02. The van der Waals surface area contributed by atoms with Crippen molar-refractivity contribution in [2.24, 2.45) is 0 Å². The van der Waals surface area contributed by atoms with Gasteiger partial charge in [-0.25, -0.2) is 4.98 Å². The molecule has 6 heteroatoms. The predicted molar refractivity (Wildman–Crippen MR) is 71.7 cm³/mol. The number of hydrogen-bond donors (Lipinski definition) is 3. The van der Waals surface area contributed by atoms with Crippen LogP contribution in [0.25, 0.3) is 0 Å². The number of H-pyrrole nitrogens is 1. The molecular weight excluding hydrogens is 319 g/mol. The van der Waals surface area contributed by atoms with Crippen LogP contribution in [0.5, 0.6) is 0 Å². The molecule has 0 aromatic carbocycles. The monoisotopic (exact) mass is 334 g/mol. The molecule has 3 N–H and O–H groups in total. The summed E-state index contributed by atoms with van der Waals surface area (Å²) in [4.78, 5) is 18.1. The lowest BCUT2D eigenvalue weighted by atomic mass is 10.1. The second kappa shape index (κ2) is 5.62. The molecule has 1 fully saturated rings. The van der Waals surface area contributed by atoms with Crippen molar-refractivity contribution < 1.29 is 0 Å². The van der Waals surface area contributed by atoms with E-state index >= 15 is 0 Å². The molecule has 0 bridgehead atoms. The summed E-state index contributed by atoms with van der Waals surface area (Å²) in [5, 5.41) is 6.70. The van der Waals surface area contributed by atoms with Gasteiger partial charge in [-0.05, 0) is 42.0 Å². The molecule has 88 valence electrons. The van der Waals surface area contributed by atoms with Crippen molar-refractivity contribution in [3.05, 3.63) is 20.3 Å². The third-order valence-corrected chi connectivity index (χ3v) is 3.69. The van der Waals surface area contributed by atoms with Gasteiger partial charge in [0, 0.05) is 12.6 Å². The fourth-order valence-electron chi connectivity index (χ4n) is 1.82. The van der Waals surface area contributed by atoms with Crippen molar-refractivity contribution in [2.75, 3.05) is 18.4 Å². The lowest BCUT2D eigenvalue weighted by Crippen LogP contribution is -2.32. The molecule has 0 aliphatic carbocycles. The third kappa shape index (κ3) is 2.94. The predicted octanol–water partition coefficient (Wildman–Crippen LogP) is 0.929. The number of halogens is 1. The molecule has 1 unspecified atom stereocenters. The quantitative estimate of drug-likeness (QED) is 0.704. The molecule has 16 heavy (non-hydrogen) atoms. The van der Waals surface area contributed by atoms with E-state index in [9.17, 15) is 4.79 Å². The first-order valence-corrected chi connectivity index (χ1v) is 6.55. The molecule has 0 spiro atoms. The highest BCUT2D eigenvalue weighted by Gasteiger charge is 2.14. The fraction of sp³-hybridized carbons (Fsp3) is 0.600. The van der Waals surface area contributed by atoms with E-state index in [1.807, 2.05) is 22.6 Å². The van der Waals surface area contributed by atoms with Crippen molar-refractivity contribution in [2.45, 2.75) is 25.3 Å². The standard InChI is InChI=1S/C10H15IN4O/c11-8-9(13-6-14-10(8)16)15-7-3-1-2-4-12-5-7/h6-7,12H,1-5H2,(H2,13,14,15,16). The maximum atomic E-state index is 11.4. The Balaban J connectivity index is 2.07. The minimum Gasteiger partial charge on any atom is -0.365 e. The van der Waals surface area contributed by atoms with Crippen molar-refractivity contribution in [1.29, 1.82) is 0 Å². The van der Waals surface area contributed by atoms with Crippen molar-refractivity contribution >= 4 is 28.4 Å². The summed E-state index contributed by atoms with van der Waals surface area (Å²) >= 11 is 2.02. The van der Waals surface area contributed by atoms with Crippen LogP contribution >= 0.6 is 22.6 Å². The van der Waals surface area contributed by atoms with Gasteiger partial charge in [-0.1, -0.05) is 6.42 Å². The highest BCUT2D eigenvalue weighted by molar-refractivity contribution is 14.1. The second-order valence-electron chi connectivity index (χ2n) is 3.94. The van der Waals surface area contributed by atoms with Gasteiger partial charge >= 0.3 is 0 Å². The summed E-state index contributed by atoms with van der Waals surface area (Å²) in [6.07, 6.45) is 5.00. The number of nitrogens with zero attached hydrogens (tertiary/aromatic N) is 1. The zero-order valence-electron chi connectivity index (χ0n) is 8.92. The number of hydrogen-bond acceptors (Lipinski definition) is 4. The van der Waals surface area contributed by atoms with E-state index in [2.05, 4.69) is 20.6 Å². The first-order chi connectivity index (χ1) is 7.77. The van der Waals surface area contributed by atoms with E-state index in [1.165, 1.54) is 19.2 Å². The van der Waals surface area contributed by atoms with E-state index in [0.717, 1.165) is 19.5 Å². The number of rotatable bonds is 2. The van der Waals surface area contributed by atoms with E-state index in [0.29, 0.717) is 15.4 Å². The summed E-state index contributed by atoms with van der Waals surface area (Å²) in [5.74, 6) is 0.693. The Kier molecular flexibility index (Phi) is 4.16. The van der Waals surface area contributed by atoms with E-state index in [-0.39, 0.29) is 5.56 Å². The highest BCUT2D eigenvalue weighted by Crippen LogP contribution is 2.13. The van der Waals surface area contributed by atoms with Gasteiger partial charge in [-0.3, -0.25) is 4.79 Å². The Morgan fingerprint density at radius 2 is 2.38 bits per heavy atom. The Morgan fingerprint density at radius 1 is 1.50 bits per heavy atom. The van der Waals surface area contributed by atoms with Crippen LogP contribution < -0.4 is 16.2 Å². The van der Waals surface area contributed by atoms with Crippen LogP contribution in [-0.4, -0.2) is 29.1 Å². The SMILES string of the molecule is O=c1[nH]cnc(NC2CCCCNC2)c1I. The Labute approximate surface area is 108 Å². The molecule has 2 rings (SSSR count). The summed E-state index contributed by atoms with van der Waals surface area (Å²) in [6, 6.07) is 0.366. The number of nitrogens with one attached hydrogen (secondary N) is 3. The molecule has 1 aliphatic rings. The van der Waals surface area contributed by atoms with Gasteiger partial charge < -0.3 is 15.6 Å². The third-order valence-electron chi connectivity index (χ3n) is 2.68. The number of aromatic nitrogens is 2. The largest absolute Gasteiger partial charge is 0.365 e. The second-order valence-corrected chi connectivity index (χ2v) is 5.01. The van der Waals surface area contributed by atoms with Crippen LogP contribution in [0.2, 0.25) is 0 Å². The van der Waals surface area contributed by atoms with Crippen LogP contribution in [0.4, 0.5) is 5.82 Å². The van der Waals surface area contributed by atoms with Gasteiger partial charge in [0.15, 0.2) is 0 Å². The lowest BCUT2D eigenvalue weighted by Gasteiger charge is -2.17. The van der Waals surface area contributed by atoms with Crippen LogP contribution in [0.15, 0.2) is 11.1 Å². The molecule has 1 saturated heterocycles. The lowest BCUT2D eigenvalue weighted by molar-refractivity contribution is 0.633. The van der Waals surface area contributed by atoms with Crippen molar-refractivity contribution in [3.8, 4) is 0 Å². The maximum Gasteiger partial charge on any atom is 0.266 e. The molecule has 2 heterocycles. The zero-order valence-corrected chi connectivity index (χ0v) is 11.1. The minimum atomic E-state index is -0.0836. The first-order valence-electron chi connectivity index (χ1n) is 5.48. The summed E-state index contributed by atoms with van der Waals surface area (Å²) in [5.41, 5.74) is -0.0836. The minimum absolute atomic E-state index is 0.0836. The van der Waals surface area contributed by atoms with Crippen molar-refractivity contribution in [1.82, 2.24) is 15.3 Å². The highest BCUT2D eigenvalue weighted by atomic mass is 127. The molecular formula is C10H15IN4O. The van der Waals surface area contributed by atoms with Crippen LogP contribution in [0.1, 0.15) is 19.3 Å². The first kappa shape index (κ1) is 11.8. The Hall–Kier alpha value is -0.630. The molecule has 1 aromatic rings. The summed E-state index contributed by atoms with van der Waals surface area (Å²) < 4.78 is 0.629. The molecule has 1 aromatic heterocycles. The average Bonchev–Trinajstić information content (AvgIpc) is 2.53. The topological polar surface area (TPSA) is 69.8 Å². The maximum absolute atomic E-state index is 11.4. The van der Waals surface area contributed by atoms with Crippen LogP contribution in [0, 0.1) is 3.57 Å². The van der Waals surface area contributed by atoms with Gasteiger partial charge in [-0.15, -0.1) is 0 Å². The van der Waals surface area contributed by atoms with Gasteiger partial charge in [0.25, 0.3) is 5.56 Å². The van der Waals surface area contributed by atoms with Gasteiger partial charge in [0.1, 0.15) is 9.39 Å². The molecule has 1 aliphatic heterocycles.